The molecule has 4 N–H and O–H groups in total. The Morgan fingerprint density at radius 1 is 1.03 bits per heavy atom. The zero-order valence-electron chi connectivity index (χ0n) is 17.4. The first-order valence-corrected chi connectivity index (χ1v) is 10.1. The van der Waals surface area contributed by atoms with Crippen LogP contribution in [0.1, 0.15) is 64.1 Å². The average molecular weight is 416 g/mol. The van der Waals surface area contributed by atoms with Crippen LogP contribution in [0.15, 0.2) is 60.9 Å². The normalized spacial score (nSPS) is 19.5. The number of nitrogens with two attached hydrogens (primary N) is 1. The number of carboxylic acid groups (broad SMARTS) is 1. The summed E-state index contributed by atoms with van der Waals surface area (Å²) in [5, 5.41) is 21.3. The van der Waals surface area contributed by atoms with E-state index in [1.54, 1.807) is 30.6 Å². The molecule has 4 rings (SSSR count). The molecule has 1 aliphatic rings. The second-order valence-electron chi connectivity index (χ2n) is 8.64. The minimum absolute atomic E-state index is 0.0464. The third-order valence-electron chi connectivity index (χ3n) is 6.30. The Balaban J connectivity index is 1.98. The van der Waals surface area contributed by atoms with Gasteiger partial charge >= 0.3 is 5.97 Å². The number of carbonyl (C=O) groups excluding carboxylic acids is 1. The minimum Gasteiger partial charge on any atom is -0.478 e. The number of benzene rings is 2. The Morgan fingerprint density at radius 3 is 2.45 bits per heavy atom. The van der Waals surface area contributed by atoms with Crippen molar-refractivity contribution in [3.63, 3.8) is 0 Å². The molecule has 31 heavy (non-hydrogen) atoms. The van der Waals surface area contributed by atoms with Gasteiger partial charge in [0.25, 0.3) is 0 Å². The highest BCUT2D eigenvalue weighted by atomic mass is 16.4. The maximum Gasteiger partial charge on any atom is 0.336 e. The summed E-state index contributed by atoms with van der Waals surface area (Å²) in [6.07, 6.45) is 4.62. The second-order valence-corrected chi connectivity index (χ2v) is 8.64. The fourth-order valence-electron chi connectivity index (χ4n) is 4.55. The molecule has 0 radical (unpaired) electrons. The number of primary amides is 1. The lowest BCUT2D eigenvalue weighted by atomic mass is 9.64. The van der Waals surface area contributed by atoms with Crippen LogP contribution in [0.2, 0.25) is 0 Å². The van der Waals surface area contributed by atoms with Crippen molar-refractivity contribution >= 4 is 11.9 Å². The standard InChI is InChI=1S/C25H24N2O4/c1-24(2)10-11-25(31,16-5-4-12-27-14-16)20-13-15(8-9-19(20)24)17-6-3-7-18(23(29)30)21(17)22(26)28/h3-9,12-14,31H,10-11H2,1-2H3,(H2,26,28)(H,29,30). The highest BCUT2D eigenvalue weighted by Gasteiger charge is 2.43. The topological polar surface area (TPSA) is 114 Å². The van der Waals surface area contributed by atoms with Crippen molar-refractivity contribution < 1.29 is 19.8 Å². The highest BCUT2D eigenvalue weighted by Crippen LogP contribution is 2.48. The molecule has 1 amide bonds. The lowest BCUT2D eigenvalue weighted by Gasteiger charge is -2.43. The molecule has 0 aliphatic heterocycles. The van der Waals surface area contributed by atoms with E-state index in [4.69, 9.17) is 5.73 Å². The van der Waals surface area contributed by atoms with Gasteiger partial charge in [-0.25, -0.2) is 4.79 Å². The molecule has 6 heteroatoms. The van der Waals surface area contributed by atoms with E-state index >= 15 is 0 Å². The van der Waals surface area contributed by atoms with Crippen LogP contribution in [0.5, 0.6) is 0 Å². The van der Waals surface area contributed by atoms with Crippen molar-refractivity contribution in [2.45, 2.75) is 37.7 Å². The van der Waals surface area contributed by atoms with Crippen LogP contribution in [-0.2, 0) is 11.0 Å². The Morgan fingerprint density at radius 2 is 1.81 bits per heavy atom. The fraction of sp³-hybridized carbons (Fsp3) is 0.240. The number of fused-ring (bicyclic) bond motifs is 1. The van der Waals surface area contributed by atoms with Crippen molar-refractivity contribution in [1.82, 2.24) is 4.98 Å². The highest BCUT2D eigenvalue weighted by molar-refractivity contribution is 6.09. The molecule has 1 aliphatic carbocycles. The number of aliphatic hydroxyl groups is 1. The van der Waals surface area contributed by atoms with Gasteiger partial charge in [-0.2, -0.15) is 0 Å². The SMILES string of the molecule is CC1(C)CCC(O)(c2cccnc2)c2cc(-c3cccc(C(=O)O)c3C(N)=O)ccc21. The van der Waals surface area contributed by atoms with E-state index in [9.17, 15) is 19.8 Å². The largest absolute Gasteiger partial charge is 0.478 e. The summed E-state index contributed by atoms with van der Waals surface area (Å²) in [5.41, 5.74) is 7.43. The molecule has 0 spiro atoms. The van der Waals surface area contributed by atoms with E-state index in [0.29, 0.717) is 23.1 Å². The van der Waals surface area contributed by atoms with Crippen molar-refractivity contribution in [3.8, 4) is 11.1 Å². The number of nitrogens with zero attached hydrogens (tertiary/aromatic N) is 1. The number of rotatable bonds is 4. The van der Waals surface area contributed by atoms with Gasteiger partial charge < -0.3 is 15.9 Å². The summed E-state index contributed by atoms with van der Waals surface area (Å²) in [6.45, 7) is 4.27. The van der Waals surface area contributed by atoms with Crippen LogP contribution in [-0.4, -0.2) is 27.1 Å². The molecule has 1 aromatic heterocycles. The Labute approximate surface area is 180 Å². The molecular formula is C25H24N2O4. The lowest BCUT2D eigenvalue weighted by Crippen LogP contribution is -2.38. The van der Waals surface area contributed by atoms with E-state index in [0.717, 1.165) is 17.5 Å². The quantitative estimate of drug-likeness (QED) is 0.598. The average Bonchev–Trinajstić information content (AvgIpc) is 2.76. The predicted octanol–water partition coefficient (Wildman–Crippen LogP) is 3.85. The maximum absolute atomic E-state index is 12.2. The molecule has 1 heterocycles. The van der Waals surface area contributed by atoms with E-state index in [1.807, 2.05) is 24.3 Å². The molecule has 0 saturated carbocycles. The van der Waals surface area contributed by atoms with Crippen molar-refractivity contribution in [2.75, 3.05) is 0 Å². The van der Waals surface area contributed by atoms with Gasteiger partial charge in [-0.15, -0.1) is 0 Å². The first kappa shape index (κ1) is 20.8. The van der Waals surface area contributed by atoms with Crippen LogP contribution in [0, 0.1) is 0 Å². The molecule has 0 fully saturated rings. The van der Waals surface area contributed by atoms with E-state index in [2.05, 4.69) is 18.8 Å². The fourth-order valence-corrected chi connectivity index (χ4v) is 4.55. The zero-order valence-corrected chi connectivity index (χ0v) is 17.4. The second kappa shape index (κ2) is 7.32. The maximum atomic E-state index is 12.2. The summed E-state index contributed by atoms with van der Waals surface area (Å²) >= 11 is 0. The molecule has 0 saturated heterocycles. The number of amides is 1. The Hall–Kier alpha value is -3.51. The van der Waals surface area contributed by atoms with Gasteiger partial charge in [-0.1, -0.05) is 44.2 Å². The van der Waals surface area contributed by atoms with E-state index in [-0.39, 0.29) is 16.5 Å². The molecule has 2 aromatic carbocycles. The molecule has 1 unspecified atom stereocenters. The van der Waals surface area contributed by atoms with Crippen LogP contribution in [0.4, 0.5) is 0 Å². The molecular weight excluding hydrogens is 392 g/mol. The van der Waals surface area contributed by atoms with Crippen molar-refractivity contribution in [1.29, 1.82) is 0 Å². The summed E-state index contributed by atoms with van der Waals surface area (Å²) in [6, 6.07) is 13.9. The third-order valence-corrected chi connectivity index (χ3v) is 6.30. The number of carbonyl (C=O) groups is 2. The Kier molecular flexibility index (Phi) is 4.90. The van der Waals surface area contributed by atoms with Crippen LogP contribution < -0.4 is 5.73 Å². The number of hydrogen-bond donors (Lipinski definition) is 3. The monoisotopic (exact) mass is 416 g/mol. The first-order valence-electron chi connectivity index (χ1n) is 10.1. The predicted molar refractivity (Wildman–Crippen MR) is 117 cm³/mol. The summed E-state index contributed by atoms with van der Waals surface area (Å²) in [4.78, 5) is 28.0. The number of hydrogen-bond acceptors (Lipinski definition) is 4. The molecule has 1 atom stereocenters. The minimum atomic E-state index is -1.24. The number of aromatic carboxylic acids is 1. The van der Waals surface area contributed by atoms with Gasteiger partial charge in [0.05, 0.1) is 11.1 Å². The van der Waals surface area contributed by atoms with Gasteiger partial charge in [-0.05, 0) is 58.7 Å². The third kappa shape index (κ3) is 3.39. The summed E-state index contributed by atoms with van der Waals surface area (Å²) < 4.78 is 0. The lowest BCUT2D eigenvalue weighted by molar-refractivity contribution is 0.0493. The van der Waals surface area contributed by atoms with Gasteiger partial charge in [0, 0.05) is 18.0 Å². The van der Waals surface area contributed by atoms with Gasteiger partial charge in [0.1, 0.15) is 5.60 Å². The smallest absolute Gasteiger partial charge is 0.336 e. The number of carboxylic acids is 1. The molecule has 3 aromatic rings. The van der Waals surface area contributed by atoms with E-state index < -0.39 is 17.5 Å². The molecule has 158 valence electrons. The van der Waals surface area contributed by atoms with E-state index in [1.165, 1.54) is 6.07 Å². The zero-order chi connectivity index (χ0) is 22.4. The van der Waals surface area contributed by atoms with Gasteiger partial charge in [0.15, 0.2) is 0 Å². The summed E-state index contributed by atoms with van der Waals surface area (Å²) in [5.74, 6) is -2.03. The Bertz CT molecular complexity index is 1190. The van der Waals surface area contributed by atoms with Gasteiger partial charge in [0.2, 0.25) is 5.91 Å². The van der Waals surface area contributed by atoms with Crippen LogP contribution >= 0.6 is 0 Å². The molecule has 0 bridgehead atoms. The van der Waals surface area contributed by atoms with Crippen molar-refractivity contribution in [3.05, 3.63) is 88.7 Å². The summed E-state index contributed by atoms with van der Waals surface area (Å²) in [7, 11) is 0. The molecule has 6 nitrogen and oxygen atoms in total. The van der Waals surface area contributed by atoms with Crippen LogP contribution in [0.25, 0.3) is 11.1 Å². The number of pyridine rings is 1. The first-order chi connectivity index (χ1) is 14.6. The van der Waals surface area contributed by atoms with Crippen molar-refractivity contribution in [2.24, 2.45) is 5.73 Å². The van der Waals surface area contributed by atoms with Gasteiger partial charge in [-0.3, -0.25) is 9.78 Å². The number of aromatic nitrogens is 1. The van der Waals surface area contributed by atoms with Crippen LogP contribution in [0.3, 0.4) is 0 Å².